The second-order valence-corrected chi connectivity index (χ2v) is 4.35. The summed E-state index contributed by atoms with van der Waals surface area (Å²) in [6.07, 6.45) is 0.768. The van der Waals surface area contributed by atoms with Crippen LogP contribution >= 0.6 is 0 Å². The lowest BCUT2D eigenvalue weighted by Gasteiger charge is -2.36. The molecule has 0 heterocycles. The standard InChI is InChI=1S/C13H13NO/c1-9-4-3-5-10(2)12(9)13(8-14)6-11(15)7-13/h3-5H,6-7H2,1-2H3. The van der Waals surface area contributed by atoms with Crippen molar-refractivity contribution in [3.63, 3.8) is 0 Å². The molecule has 0 amide bonds. The number of ketones is 1. The second kappa shape index (κ2) is 3.20. The molecule has 76 valence electrons. The minimum absolute atomic E-state index is 0.194. The highest BCUT2D eigenvalue weighted by atomic mass is 16.1. The Hall–Kier alpha value is -1.62. The van der Waals surface area contributed by atoms with Gasteiger partial charge in [0.05, 0.1) is 11.5 Å². The summed E-state index contributed by atoms with van der Waals surface area (Å²) in [6, 6.07) is 8.32. The Morgan fingerprint density at radius 2 is 1.80 bits per heavy atom. The number of aryl methyl sites for hydroxylation is 2. The molecule has 1 fully saturated rings. The summed E-state index contributed by atoms with van der Waals surface area (Å²) >= 11 is 0. The van der Waals surface area contributed by atoms with Crippen molar-refractivity contribution < 1.29 is 4.79 Å². The number of nitrogens with zero attached hydrogens (tertiary/aromatic N) is 1. The van der Waals surface area contributed by atoms with Gasteiger partial charge in [0.25, 0.3) is 0 Å². The summed E-state index contributed by atoms with van der Waals surface area (Å²) in [5, 5.41) is 9.25. The Labute approximate surface area is 89.5 Å². The average Bonchev–Trinajstić information content (AvgIpc) is 2.14. The molecule has 1 aromatic carbocycles. The molecule has 2 nitrogen and oxygen atoms in total. The predicted octanol–water partition coefficient (Wildman–Crippen LogP) is 2.43. The third-order valence-corrected chi connectivity index (χ3v) is 3.17. The molecule has 0 saturated heterocycles. The number of nitriles is 1. The van der Waals surface area contributed by atoms with Crippen LogP contribution in [-0.4, -0.2) is 5.78 Å². The topological polar surface area (TPSA) is 40.9 Å². The molecule has 0 spiro atoms. The normalized spacial score (nSPS) is 18.1. The van der Waals surface area contributed by atoms with E-state index in [1.165, 1.54) is 0 Å². The predicted molar refractivity (Wildman–Crippen MR) is 57.4 cm³/mol. The molecule has 2 rings (SSSR count). The van der Waals surface area contributed by atoms with Crippen LogP contribution in [0.25, 0.3) is 0 Å². The molecular weight excluding hydrogens is 186 g/mol. The highest BCUT2D eigenvalue weighted by Crippen LogP contribution is 2.43. The van der Waals surface area contributed by atoms with Crippen LogP contribution in [0.4, 0.5) is 0 Å². The second-order valence-electron chi connectivity index (χ2n) is 4.35. The van der Waals surface area contributed by atoms with Crippen LogP contribution in [0, 0.1) is 25.2 Å². The lowest BCUT2D eigenvalue weighted by atomic mass is 9.62. The zero-order chi connectivity index (χ0) is 11.1. The average molecular weight is 199 g/mol. The third-order valence-electron chi connectivity index (χ3n) is 3.17. The van der Waals surface area contributed by atoms with Crippen molar-refractivity contribution in [3.8, 4) is 6.07 Å². The number of benzene rings is 1. The van der Waals surface area contributed by atoms with Crippen molar-refractivity contribution in [1.82, 2.24) is 0 Å². The Bertz CT molecular complexity index is 440. The lowest BCUT2D eigenvalue weighted by Crippen LogP contribution is -2.41. The smallest absolute Gasteiger partial charge is 0.136 e. The van der Waals surface area contributed by atoms with E-state index in [-0.39, 0.29) is 5.78 Å². The summed E-state index contributed by atoms with van der Waals surface area (Å²) < 4.78 is 0. The van der Waals surface area contributed by atoms with Crippen molar-refractivity contribution in [3.05, 3.63) is 34.9 Å². The fourth-order valence-electron chi connectivity index (χ4n) is 2.50. The summed E-state index contributed by atoms with van der Waals surface area (Å²) in [7, 11) is 0. The SMILES string of the molecule is Cc1cccc(C)c1C1(C#N)CC(=O)C1. The van der Waals surface area contributed by atoms with Crippen LogP contribution in [0.3, 0.4) is 0 Å². The van der Waals surface area contributed by atoms with E-state index < -0.39 is 5.41 Å². The zero-order valence-electron chi connectivity index (χ0n) is 9.00. The van der Waals surface area contributed by atoms with Crippen LogP contribution in [0.15, 0.2) is 18.2 Å². The van der Waals surface area contributed by atoms with Gasteiger partial charge in [0.15, 0.2) is 0 Å². The van der Waals surface area contributed by atoms with Crippen LogP contribution in [0.2, 0.25) is 0 Å². The summed E-state index contributed by atoms with van der Waals surface area (Å²) in [4.78, 5) is 11.1. The molecule has 0 aliphatic heterocycles. The van der Waals surface area contributed by atoms with Gasteiger partial charge in [-0.1, -0.05) is 18.2 Å². The van der Waals surface area contributed by atoms with Gasteiger partial charge in [-0.05, 0) is 30.5 Å². The Morgan fingerprint density at radius 1 is 1.27 bits per heavy atom. The van der Waals surface area contributed by atoms with Crippen LogP contribution in [-0.2, 0) is 10.2 Å². The quantitative estimate of drug-likeness (QED) is 0.697. The van der Waals surface area contributed by atoms with Crippen molar-refractivity contribution in [2.45, 2.75) is 32.1 Å². The van der Waals surface area contributed by atoms with Gasteiger partial charge in [0.1, 0.15) is 5.78 Å². The van der Waals surface area contributed by atoms with Gasteiger partial charge in [-0.2, -0.15) is 5.26 Å². The van der Waals surface area contributed by atoms with Crippen molar-refractivity contribution in [1.29, 1.82) is 5.26 Å². The molecule has 1 aliphatic carbocycles. The summed E-state index contributed by atoms with van der Waals surface area (Å²) in [5.41, 5.74) is 2.76. The minimum atomic E-state index is -0.535. The highest BCUT2D eigenvalue weighted by Gasteiger charge is 2.46. The molecule has 0 unspecified atom stereocenters. The van der Waals surface area contributed by atoms with Crippen LogP contribution < -0.4 is 0 Å². The molecule has 2 heteroatoms. The maximum Gasteiger partial charge on any atom is 0.136 e. The van der Waals surface area contributed by atoms with E-state index in [1.807, 2.05) is 32.0 Å². The molecular formula is C13H13NO. The highest BCUT2D eigenvalue weighted by molar-refractivity contribution is 5.90. The van der Waals surface area contributed by atoms with Gasteiger partial charge in [0, 0.05) is 12.8 Å². The first-order chi connectivity index (χ1) is 7.09. The minimum Gasteiger partial charge on any atom is -0.300 e. The molecule has 1 aromatic rings. The first-order valence-corrected chi connectivity index (χ1v) is 5.09. The fourth-order valence-corrected chi connectivity index (χ4v) is 2.50. The Morgan fingerprint density at radius 3 is 2.20 bits per heavy atom. The van der Waals surface area contributed by atoms with Gasteiger partial charge in [-0.3, -0.25) is 4.79 Å². The van der Waals surface area contributed by atoms with E-state index in [2.05, 4.69) is 6.07 Å². The van der Waals surface area contributed by atoms with E-state index in [0.717, 1.165) is 16.7 Å². The van der Waals surface area contributed by atoms with E-state index in [1.54, 1.807) is 0 Å². The van der Waals surface area contributed by atoms with Crippen molar-refractivity contribution >= 4 is 5.78 Å². The number of hydrogen-bond donors (Lipinski definition) is 0. The Balaban J connectivity index is 2.54. The Kier molecular flexibility index (Phi) is 2.12. The monoisotopic (exact) mass is 199 g/mol. The van der Waals surface area contributed by atoms with Crippen molar-refractivity contribution in [2.24, 2.45) is 0 Å². The van der Waals surface area contributed by atoms with E-state index in [4.69, 9.17) is 0 Å². The molecule has 1 aliphatic rings. The lowest BCUT2D eigenvalue weighted by molar-refractivity contribution is -0.126. The van der Waals surface area contributed by atoms with Crippen molar-refractivity contribution in [2.75, 3.05) is 0 Å². The number of rotatable bonds is 1. The fraction of sp³-hybridized carbons (Fsp3) is 0.385. The summed E-state index contributed by atoms with van der Waals surface area (Å²) in [5.74, 6) is 0.194. The van der Waals surface area contributed by atoms with Gasteiger partial charge >= 0.3 is 0 Å². The molecule has 0 bridgehead atoms. The number of hydrogen-bond acceptors (Lipinski definition) is 2. The first-order valence-electron chi connectivity index (χ1n) is 5.09. The van der Waals surface area contributed by atoms with E-state index in [9.17, 15) is 10.1 Å². The molecule has 1 saturated carbocycles. The number of carbonyl (C=O) groups is 1. The van der Waals surface area contributed by atoms with Gasteiger partial charge in [-0.15, -0.1) is 0 Å². The molecule has 0 aromatic heterocycles. The zero-order valence-corrected chi connectivity index (χ0v) is 9.00. The van der Waals surface area contributed by atoms with Gasteiger partial charge in [-0.25, -0.2) is 0 Å². The maximum atomic E-state index is 11.1. The largest absolute Gasteiger partial charge is 0.300 e. The molecule has 15 heavy (non-hydrogen) atoms. The van der Waals surface area contributed by atoms with Crippen LogP contribution in [0.1, 0.15) is 29.5 Å². The number of carbonyl (C=O) groups excluding carboxylic acids is 1. The molecule has 0 atom stereocenters. The van der Waals surface area contributed by atoms with Gasteiger partial charge < -0.3 is 0 Å². The maximum absolute atomic E-state index is 11.1. The van der Waals surface area contributed by atoms with Gasteiger partial charge in [0.2, 0.25) is 0 Å². The first kappa shape index (κ1) is 9.92. The molecule has 0 radical (unpaired) electrons. The third kappa shape index (κ3) is 1.35. The molecule has 0 N–H and O–H groups in total. The number of Topliss-reactive ketones (excluding diaryl/α,β-unsaturated/α-hetero) is 1. The van der Waals surface area contributed by atoms with E-state index in [0.29, 0.717) is 12.8 Å². The summed E-state index contributed by atoms with van der Waals surface area (Å²) in [6.45, 7) is 4.01. The van der Waals surface area contributed by atoms with E-state index >= 15 is 0 Å². The van der Waals surface area contributed by atoms with Crippen LogP contribution in [0.5, 0.6) is 0 Å².